The molecule has 0 bridgehead atoms. The third-order valence-electron chi connectivity index (χ3n) is 5.12. The Morgan fingerprint density at radius 3 is 2.29 bits per heavy atom. The van der Waals surface area contributed by atoms with Gasteiger partial charge < -0.3 is 10.2 Å². The SMILES string of the molecule is N#CCc1cc(Cl)ccc1S(=O)(=O)N1CC(S(=O)(=O)c2ccc(Cl)cc2)[C@](O)(CO)C1. The second-order valence-electron chi connectivity index (χ2n) is 7.13. The molecule has 1 aliphatic rings. The molecule has 0 radical (unpaired) electrons. The van der Waals surface area contributed by atoms with Crippen molar-refractivity contribution in [2.24, 2.45) is 0 Å². The first-order chi connectivity index (χ1) is 14.5. The van der Waals surface area contributed by atoms with Crippen molar-refractivity contribution in [1.82, 2.24) is 4.31 Å². The molecule has 0 aliphatic carbocycles. The van der Waals surface area contributed by atoms with E-state index in [0.29, 0.717) is 5.02 Å². The van der Waals surface area contributed by atoms with Gasteiger partial charge >= 0.3 is 0 Å². The van der Waals surface area contributed by atoms with E-state index < -0.39 is 50.4 Å². The van der Waals surface area contributed by atoms with Crippen molar-refractivity contribution < 1.29 is 27.0 Å². The highest BCUT2D eigenvalue weighted by Crippen LogP contribution is 2.36. The second kappa shape index (κ2) is 8.67. The van der Waals surface area contributed by atoms with Gasteiger partial charge in [0, 0.05) is 23.1 Å². The van der Waals surface area contributed by atoms with E-state index in [4.69, 9.17) is 28.5 Å². The predicted octanol–water partition coefficient (Wildman–Crippen LogP) is 1.63. The van der Waals surface area contributed by atoms with Crippen molar-refractivity contribution >= 4 is 43.1 Å². The van der Waals surface area contributed by atoms with Gasteiger partial charge in [-0.15, -0.1) is 0 Å². The Hall–Kier alpha value is -1.71. The number of benzene rings is 2. The summed E-state index contributed by atoms with van der Waals surface area (Å²) in [6, 6.07) is 11.0. The first-order valence-corrected chi connectivity index (χ1v) is 12.7. The molecule has 1 unspecified atom stereocenters. The minimum atomic E-state index is -4.30. The van der Waals surface area contributed by atoms with Crippen LogP contribution in [0.25, 0.3) is 0 Å². The maximum absolute atomic E-state index is 13.3. The highest BCUT2D eigenvalue weighted by atomic mass is 35.5. The van der Waals surface area contributed by atoms with Crippen LogP contribution >= 0.6 is 23.2 Å². The Bertz CT molecular complexity index is 1240. The van der Waals surface area contributed by atoms with Crippen LogP contribution < -0.4 is 0 Å². The van der Waals surface area contributed by atoms with Crippen LogP contribution in [0, 0.1) is 11.3 Å². The van der Waals surface area contributed by atoms with Crippen LogP contribution in [0.2, 0.25) is 10.0 Å². The van der Waals surface area contributed by atoms with Crippen LogP contribution in [-0.2, 0) is 26.3 Å². The van der Waals surface area contributed by atoms with Crippen molar-refractivity contribution in [1.29, 1.82) is 5.26 Å². The van der Waals surface area contributed by atoms with E-state index in [1.165, 1.54) is 42.5 Å². The summed E-state index contributed by atoms with van der Waals surface area (Å²) < 4.78 is 53.6. The Kier molecular flexibility index (Phi) is 6.70. The standard InChI is InChI=1S/C19H18Cl2N2O6S2/c20-14-1-4-16(5-2-14)30(26,27)18-10-23(11-19(18,25)12-24)31(28,29)17-6-3-15(21)9-13(17)7-8-22/h1-6,9,18,24-25H,7,10-12H2/t18?,19-/m1/s1. The largest absolute Gasteiger partial charge is 0.393 e. The minimum absolute atomic E-state index is 0.145. The van der Waals surface area contributed by atoms with Gasteiger partial charge in [0.05, 0.1) is 28.9 Å². The van der Waals surface area contributed by atoms with Gasteiger partial charge in [-0.3, -0.25) is 0 Å². The van der Waals surface area contributed by atoms with Gasteiger partial charge in [-0.05, 0) is 48.0 Å². The summed E-state index contributed by atoms with van der Waals surface area (Å²) in [6.07, 6.45) is -0.236. The second-order valence-corrected chi connectivity index (χ2v) is 12.0. The molecule has 2 aromatic carbocycles. The summed E-state index contributed by atoms with van der Waals surface area (Å²) in [7, 11) is -8.53. The Balaban J connectivity index is 2.04. The fraction of sp³-hybridized carbons (Fsp3) is 0.316. The van der Waals surface area contributed by atoms with Crippen molar-refractivity contribution in [3.63, 3.8) is 0 Å². The molecule has 2 aromatic rings. The predicted molar refractivity (Wildman–Crippen MR) is 114 cm³/mol. The number of aliphatic hydroxyl groups excluding tert-OH is 1. The van der Waals surface area contributed by atoms with E-state index in [9.17, 15) is 27.0 Å². The summed E-state index contributed by atoms with van der Waals surface area (Å²) in [6.45, 7) is -2.20. The monoisotopic (exact) mass is 504 g/mol. The molecule has 1 fully saturated rings. The van der Waals surface area contributed by atoms with Gasteiger partial charge in [-0.1, -0.05) is 23.2 Å². The topological polar surface area (TPSA) is 136 Å². The maximum Gasteiger partial charge on any atom is 0.243 e. The number of aliphatic hydroxyl groups is 2. The number of hydrogen-bond acceptors (Lipinski definition) is 7. The van der Waals surface area contributed by atoms with Crippen LogP contribution in [0.4, 0.5) is 0 Å². The summed E-state index contributed by atoms with van der Waals surface area (Å²) in [5.74, 6) is 0. The molecule has 0 aromatic heterocycles. The maximum atomic E-state index is 13.3. The Labute approximate surface area is 190 Å². The number of β-amino-alcohol motifs (C(OH)–C–C–N with tert-alkyl or cyclic N) is 1. The first kappa shape index (κ1) is 23.9. The molecule has 1 aliphatic heterocycles. The number of sulfone groups is 1. The fourth-order valence-electron chi connectivity index (χ4n) is 3.50. The number of halogens is 2. The summed E-state index contributed by atoms with van der Waals surface area (Å²) in [4.78, 5) is -0.382. The molecular formula is C19H18Cl2N2O6S2. The van der Waals surface area contributed by atoms with E-state index in [0.717, 1.165) is 4.31 Å². The summed E-state index contributed by atoms with van der Waals surface area (Å²) in [5.41, 5.74) is -2.08. The molecule has 0 saturated carbocycles. The van der Waals surface area contributed by atoms with E-state index in [2.05, 4.69) is 0 Å². The van der Waals surface area contributed by atoms with Crippen LogP contribution in [0.3, 0.4) is 0 Å². The molecule has 31 heavy (non-hydrogen) atoms. The molecule has 2 atom stereocenters. The summed E-state index contributed by atoms with van der Waals surface area (Å²) >= 11 is 11.7. The zero-order valence-corrected chi connectivity index (χ0v) is 19.1. The van der Waals surface area contributed by atoms with Gasteiger partial charge in [-0.2, -0.15) is 9.57 Å². The van der Waals surface area contributed by atoms with Crippen molar-refractivity contribution in [2.45, 2.75) is 27.1 Å². The van der Waals surface area contributed by atoms with Gasteiger partial charge in [-0.25, -0.2) is 16.8 Å². The van der Waals surface area contributed by atoms with Crippen molar-refractivity contribution in [3.05, 3.63) is 58.1 Å². The molecule has 0 spiro atoms. The van der Waals surface area contributed by atoms with Gasteiger partial charge in [0.25, 0.3) is 0 Å². The van der Waals surface area contributed by atoms with Crippen molar-refractivity contribution in [2.75, 3.05) is 19.7 Å². The smallest absolute Gasteiger partial charge is 0.243 e. The lowest BCUT2D eigenvalue weighted by atomic mass is 10.1. The summed E-state index contributed by atoms with van der Waals surface area (Å²) in [5, 5.41) is 28.6. The molecule has 0 amide bonds. The van der Waals surface area contributed by atoms with Crippen molar-refractivity contribution in [3.8, 4) is 6.07 Å². The van der Waals surface area contributed by atoms with Crippen LogP contribution in [0.5, 0.6) is 0 Å². The zero-order valence-electron chi connectivity index (χ0n) is 15.9. The Morgan fingerprint density at radius 1 is 1.10 bits per heavy atom. The molecular weight excluding hydrogens is 487 g/mol. The zero-order chi connectivity index (χ0) is 23.0. The highest BCUT2D eigenvalue weighted by Gasteiger charge is 2.55. The van der Waals surface area contributed by atoms with E-state index in [1.54, 1.807) is 0 Å². The van der Waals surface area contributed by atoms with Crippen LogP contribution in [-0.4, -0.2) is 61.9 Å². The lowest BCUT2D eigenvalue weighted by Crippen LogP contribution is -2.49. The molecule has 8 nitrogen and oxygen atoms in total. The number of nitrogens with zero attached hydrogens (tertiary/aromatic N) is 2. The molecule has 1 heterocycles. The van der Waals surface area contributed by atoms with Gasteiger partial charge in [0.15, 0.2) is 9.84 Å². The number of rotatable bonds is 6. The lowest BCUT2D eigenvalue weighted by molar-refractivity contribution is 0.00160. The normalized spacial score (nSPS) is 22.4. The lowest BCUT2D eigenvalue weighted by Gasteiger charge is -2.26. The fourth-order valence-corrected chi connectivity index (χ4v) is 7.58. The van der Waals surface area contributed by atoms with Gasteiger partial charge in [0.2, 0.25) is 10.0 Å². The number of nitriles is 1. The third kappa shape index (κ3) is 4.45. The Morgan fingerprint density at radius 2 is 1.71 bits per heavy atom. The quantitative estimate of drug-likeness (QED) is 0.609. The molecule has 1 saturated heterocycles. The van der Waals surface area contributed by atoms with Gasteiger partial charge in [0.1, 0.15) is 10.9 Å². The highest BCUT2D eigenvalue weighted by molar-refractivity contribution is 7.92. The van der Waals surface area contributed by atoms with Crippen LogP contribution in [0.15, 0.2) is 52.3 Å². The number of sulfonamides is 1. The average molecular weight is 505 g/mol. The molecule has 166 valence electrons. The van der Waals surface area contributed by atoms with E-state index in [1.807, 2.05) is 6.07 Å². The van der Waals surface area contributed by atoms with E-state index >= 15 is 0 Å². The van der Waals surface area contributed by atoms with E-state index in [-0.39, 0.29) is 26.8 Å². The average Bonchev–Trinajstić information content (AvgIpc) is 3.08. The molecule has 2 N–H and O–H groups in total. The first-order valence-electron chi connectivity index (χ1n) is 8.94. The number of hydrogen-bond donors (Lipinski definition) is 2. The molecule has 12 heteroatoms. The third-order valence-corrected chi connectivity index (χ3v) is 9.78. The minimum Gasteiger partial charge on any atom is -0.393 e. The molecule has 3 rings (SSSR count). The van der Waals surface area contributed by atoms with Crippen LogP contribution in [0.1, 0.15) is 5.56 Å².